The average Bonchev–Trinajstić information content (AvgIpc) is 2.91. The predicted octanol–water partition coefficient (Wildman–Crippen LogP) is 5.72. The van der Waals surface area contributed by atoms with Gasteiger partial charge in [0.25, 0.3) is 5.91 Å². The molecule has 0 unspecified atom stereocenters. The molecule has 5 rings (SSSR count). The molecule has 1 N–H and O–H groups in total. The zero-order chi connectivity index (χ0) is 27.0. The Labute approximate surface area is 227 Å². The maximum atomic E-state index is 13.2. The van der Waals surface area contributed by atoms with Gasteiger partial charge in [0.2, 0.25) is 0 Å². The fourth-order valence-corrected chi connectivity index (χ4v) is 5.86. The van der Waals surface area contributed by atoms with Gasteiger partial charge in [-0.15, -0.1) is 0 Å². The summed E-state index contributed by atoms with van der Waals surface area (Å²) in [6.45, 7) is 1.67. The second-order valence-corrected chi connectivity index (χ2v) is 10.4. The summed E-state index contributed by atoms with van der Waals surface area (Å²) < 4.78 is 11.4. The first kappa shape index (κ1) is 26.0. The highest BCUT2D eigenvalue weighted by molar-refractivity contribution is 6.31. The minimum Gasteiger partial charge on any atom is -0.493 e. The number of ketones is 2. The molecule has 0 saturated heterocycles. The predicted molar refractivity (Wildman–Crippen MR) is 146 cm³/mol. The molecule has 0 atom stereocenters. The van der Waals surface area contributed by atoms with Crippen molar-refractivity contribution < 1.29 is 23.9 Å². The molecule has 0 aromatic heterocycles. The number of nitrogens with zero attached hydrogens (tertiary/aromatic N) is 1. The van der Waals surface area contributed by atoms with Gasteiger partial charge >= 0.3 is 0 Å². The highest BCUT2D eigenvalue weighted by Gasteiger charge is 2.42. The third-order valence-electron chi connectivity index (χ3n) is 7.58. The van der Waals surface area contributed by atoms with Crippen LogP contribution in [0.2, 0.25) is 5.02 Å². The molecule has 0 spiro atoms. The Morgan fingerprint density at radius 2 is 1.63 bits per heavy atom. The van der Waals surface area contributed by atoms with Crippen LogP contribution in [0, 0.1) is 6.92 Å². The summed E-state index contributed by atoms with van der Waals surface area (Å²) in [7, 11) is 3.51. The summed E-state index contributed by atoms with van der Waals surface area (Å²) >= 11 is 6.15. The van der Waals surface area contributed by atoms with Crippen LogP contribution in [0.4, 0.5) is 5.69 Å². The lowest BCUT2D eigenvalue weighted by Gasteiger charge is -2.42. The average molecular weight is 535 g/mol. The van der Waals surface area contributed by atoms with Gasteiger partial charge < -0.3 is 19.7 Å². The van der Waals surface area contributed by atoms with Crippen LogP contribution >= 0.6 is 11.6 Å². The number of rotatable bonds is 6. The van der Waals surface area contributed by atoms with Gasteiger partial charge in [0.1, 0.15) is 0 Å². The van der Waals surface area contributed by atoms with E-state index in [2.05, 4.69) is 10.2 Å². The number of Topliss-reactive ketones (excluding diaryl/α,β-unsaturated/α-hetero) is 2. The molecule has 38 heavy (non-hydrogen) atoms. The second kappa shape index (κ2) is 10.7. The van der Waals surface area contributed by atoms with Gasteiger partial charge in [-0.3, -0.25) is 14.4 Å². The number of anilines is 1. The standard InChI is InChI=1S/C30H31ClN2O5/c1-17-10-12-19(15-20(17)31)32-27(36)16-38-25-13-11-18(14-26(25)37-3)28-29-21(6-4-8-23(29)34)33(2)22-7-5-9-24(35)30(22)28/h10-15,28H,4-9,16H2,1-3H3,(H,32,36). The van der Waals surface area contributed by atoms with E-state index in [9.17, 15) is 14.4 Å². The van der Waals surface area contributed by atoms with Crippen LogP contribution in [0.15, 0.2) is 58.9 Å². The highest BCUT2D eigenvalue weighted by Crippen LogP contribution is 2.49. The van der Waals surface area contributed by atoms with Crippen LogP contribution in [0.25, 0.3) is 0 Å². The summed E-state index contributed by atoms with van der Waals surface area (Å²) in [5, 5.41) is 3.34. The largest absolute Gasteiger partial charge is 0.493 e. The first-order valence-corrected chi connectivity index (χ1v) is 13.3. The number of benzene rings is 2. The van der Waals surface area contributed by atoms with E-state index in [1.54, 1.807) is 18.2 Å². The van der Waals surface area contributed by atoms with Gasteiger partial charge in [-0.2, -0.15) is 0 Å². The molecule has 8 heteroatoms. The molecule has 7 nitrogen and oxygen atoms in total. The minimum atomic E-state index is -0.422. The first-order valence-electron chi connectivity index (χ1n) is 12.9. The molecule has 0 radical (unpaired) electrons. The molecule has 2 aliphatic carbocycles. The van der Waals surface area contributed by atoms with Gasteiger partial charge in [0.15, 0.2) is 29.7 Å². The van der Waals surface area contributed by atoms with Crippen LogP contribution in [-0.2, 0) is 14.4 Å². The Hall–Kier alpha value is -3.58. The highest BCUT2D eigenvalue weighted by atomic mass is 35.5. The van der Waals surface area contributed by atoms with Gasteiger partial charge in [-0.05, 0) is 68.0 Å². The van der Waals surface area contributed by atoms with E-state index in [0.29, 0.717) is 35.1 Å². The van der Waals surface area contributed by atoms with Gasteiger partial charge in [0, 0.05) is 59.1 Å². The number of aryl methyl sites for hydroxylation is 1. The molecule has 0 saturated carbocycles. The third kappa shape index (κ3) is 4.83. The van der Waals surface area contributed by atoms with Crippen molar-refractivity contribution in [2.24, 2.45) is 0 Å². The van der Waals surface area contributed by atoms with Crippen LogP contribution in [0.5, 0.6) is 11.5 Å². The van der Waals surface area contributed by atoms with Crippen molar-refractivity contribution in [1.29, 1.82) is 0 Å². The molecule has 3 aliphatic rings. The maximum Gasteiger partial charge on any atom is 0.262 e. The molecule has 1 aliphatic heterocycles. The van der Waals surface area contributed by atoms with E-state index >= 15 is 0 Å². The SMILES string of the molecule is COc1cc(C2C3=C(CCCC3=O)N(C)C3=C2C(=O)CCC3)ccc1OCC(=O)Nc1ccc(C)c(Cl)c1. The lowest BCUT2D eigenvalue weighted by atomic mass is 9.71. The summed E-state index contributed by atoms with van der Waals surface area (Å²) in [5.74, 6) is 0.268. The third-order valence-corrected chi connectivity index (χ3v) is 7.99. The molecular weight excluding hydrogens is 504 g/mol. The molecule has 0 bridgehead atoms. The number of carbonyl (C=O) groups is 3. The molecule has 1 heterocycles. The van der Waals surface area contributed by atoms with Crippen molar-refractivity contribution in [3.63, 3.8) is 0 Å². The summed E-state index contributed by atoms with van der Waals surface area (Å²) in [6, 6.07) is 10.7. The monoisotopic (exact) mass is 534 g/mol. The molecule has 1 amide bonds. The smallest absolute Gasteiger partial charge is 0.262 e. The van der Waals surface area contributed by atoms with Crippen LogP contribution in [0.1, 0.15) is 55.6 Å². The lowest BCUT2D eigenvalue weighted by molar-refractivity contribution is -0.118. The van der Waals surface area contributed by atoms with Gasteiger partial charge in [0.05, 0.1) is 7.11 Å². The van der Waals surface area contributed by atoms with E-state index in [1.807, 2.05) is 32.2 Å². The number of hydrogen-bond acceptors (Lipinski definition) is 6. The minimum absolute atomic E-state index is 0.0974. The zero-order valence-corrected chi connectivity index (χ0v) is 22.6. The Morgan fingerprint density at radius 1 is 0.974 bits per heavy atom. The van der Waals surface area contributed by atoms with Crippen LogP contribution < -0.4 is 14.8 Å². The van der Waals surface area contributed by atoms with Crippen molar-refractivity contribution in [3.05, 3.63) is 75.1 Å². The first-order chi connectivity index (χ1) is 18.3. The summed E-state index contributed by atoms with van der Waals surface area (Å²) in [4.78, 5) is 41.0. The fourth-order valence-electron chi connectivity index (χ4n) is 5.68. The fraction of sp³-hybridized carbons (Fsp3) is 0.367. The quantitative estimate of drug-likeness (QED) is 0.510. The zero-order valence-electron chi connectivity index (χ0n) is 21.9. The number of carbonyl (C=O) groups excluding carboxylic acids is 3. The Morgan fingerprint density at radius 3 is 2.24 bits per heavy atom. The Balaban J connectivity index is 1.42. The normalized spacial score (nSPS) is 17.8. The second-order valence-electron chi connectivity index (χ2n) is 9.98. The summed E-state index contributed by atoms with van der Waals surface area (Å²) in [5.41, 5.74) is 5.80. The number of allylic oxidation sites excluding steroid dienone is 4. The Kier molecular flexibility index (Phi) is 7.30. The van der Waals surface area contributed by atoms with Crippen molar-refractivity contribution >= 4 is 34.8 Å². The maximum absolute atomic E-state index is 13.2. The number of halogens is 1. The molecule has 198 valence electrons. The molecular formula is C30H31ClN2O5. The van der Waals surface area contributed by atoms with E-state index in [-0.39, 0.29) is 24.1 Å². The number of amides is 1. The molecule has 0 fully saturated rings. The van der Waals surface area contributed by atoms with Crippen molar-refractivity contribution in [2.45, 2.75) is 51.4 Å². The number of hydrogen-bond donors (Lipinski definition) is 1. The van der Waals surface area contributed by atoms with Crippen molar-refractivity contribution in [3.8, 4) is 11.5 Å². The van der Waals surface area contributed by atoms with Crippen molar-refractivity contribution in [2.75, 3.05) is 26.1 Å². The van der Waals surface area contributed by atoms with E-state index in [0.717, 1.165) is 59.4 Å². The number of nitrogens with one attached hydrogen (secondary N) is 1. The van der Waals surface area contributed by atoms with Crippen LogP contribution in [0.3, 0.4) is 0 Å². The van der Waals surface area contributed by atoms with E-state index < -0.39 is 5.92 Å². The van der Waals surface area contributed by atoms with Gasteiger partial charge in [-0.25, -0.2) is 0 Å². The molecule has 2 aromatic carbocycles. The number of methoxy groups -OCH3 is 1. The van der Waals surface area contributed by atoms with Gasteiger partial charge in [-0.1, -0.05) is 23.7 Å². The number of ether oxygens (including phenoxy) is 2. The van der Waals surface area contributed by atoms with Crippen LogP contribution in [-0.4, -0.2) is 43.1 Å². The molecule has 2 aromatic rings. The topological polar surface area (TPSA) is 84.9 Å². The lowest BCUT2D eigenvalue weighted by Crippen LogP contribution is -2.37. The van der Waals surface area contributed by atoms with E-state index in [1.165, 1.54) is 7.11 Å². The Bertz CT molecular complexity index is 1350. The summed E-state index contributed by atoms with van der Waals surface area (Å²) in [6.07, 6.45) is 4.24. The van der Waals surface area contributed by atoms with E-state index in [4.69, 9.17) is 21.1 Å². The van der Waals surface area contributed by atoms with Crippen molar-refractivity contribution in [1.82, 2.24) is 4.90 Å².